The molecule has 0 fully saturated rings. The molecule has 2 aromatic carbocycles. The molecule has 0 unspecified atom stereocenters. The van der Waals surface area contributed by atoms with Crippen molar-refractivity contribution in [1.29, 1.82) is 0 Å². The maximum atomic E-state index is 12.8. The number of halogens is 4. The Morgan fingerprint density at radius 2 is 1.46 bits per heavy atom. The molecule has 0 spiro atoms. The fraction of sp³-hybridized carbons (Fsp3) is 0.435. The number of aliphatic imine (C=N–C) groups is 1. The van der Waals surface area contributed by atoms with Crippen LogP contribution in [-0.2, 0) is 10.9 Å². The Morgan fingerprint density at radius 1 is 1.00 bits per heavy atom. The lowest BCUT2D eigenvalue weighted by Gasteiger charge is -2.23. The van der Waals surface area contributed by atoms with Crippen molar-refractivity contribution < 1.29 is 27.8 Å². The average molecular weight is 548 g/mol. The van der Waals surface area contributed by atoms with Crippen LogP contribution in [0, 0.1) is 20.2 Å². The molecule has 10 nitrogen and oxygen atoms in total. The van der Waals surface area contributed by atoms with Crippen LogP contribution in [0.25, 0.3) is 0 Å². The number of hydrogen-bond donors (Lipinski definition) is 0. The smallest absolute Gasteiger partial charge is 0.416 e. The van der Waals surface area contributed by atoms with Crippen LogP contribution in [0.1, 0.15) is 32.3 Å². The minimum atomic E-state index is -4.91. The summed E-state index contributed by atoms with van der Waals surface area (Å²) in [5.41, 5.74) is -2.79. The first kappa shape index (κ1) is 31.4. The fourth-order valence-corrected chi connectivity index (χ4v) is 3.33. The van der Waals surface area contributed by atoms with Gasteiger partial charge in [-0.05, 0) is 37.1 Å². The lowest BCUT2D eigenvalue weighted by molar-refractivity contribution is -0.393. The number of benzene rings is 2. The number of hydrogen-bond acceptors (Lipinski definition) is 7. The molecule has 0 bridgehead atoms. The summed E-state index contributed by atoms with van der Waals surface area (Å²) in [7, 11) is 5.34. The number of rotatable bonds is 8. The van der Waals surface area contributed by atoms with Crippen molar-refractivity contribution in [2.75, 3.05) is 39.2 Å². The van der Waals surface area contributed by atoms with Gasteiger partial charge in [0.25, 0.3) is 17.4 Å². The molecule has 0 aliphatic carbocycles. The number of alkyl halides is 3. The largest absolute Gasteiger partial charge is 0.468 e. The first-order chi connectivity index (χ1) is 17.3. The van der Waals surface area contributed by atoms with Crippen molar-refractivity contribution in [3.8, 4) is 0 Å². The van der Waals surface area contributed by atoms with E-state index in [1.807, 2.05) is 26.2 Å². The van der Waals surface area contributed by atoms with Crippen molar-refractivity contribution in [1.82, 2.24) is 4.90 Å². The number of nitrogens with zero attached hydrogens (tertiary/aromatic N) is 5. The fourth-order valence-electron chi connectivity index (χ4n) is 3.20. The van der Waals surface area contributed by atoms with Crippen molar-refractivity contribution in [2.45, 2.75) is 32.9 Å². The minimum Gasteiger partial charge on any atom is -0.468 e. The summed E-state index contributed by atoms with van der Waals surface area (Å²) in [5, 5.41) is 23.1. The average Bonchev–Trinajstić information content (AvgIpc) is 2.82. The van der Waals surface area contributed by atoms with Crippen LogP contribution >= 0.6 is 11.6 Å². The van der Waals surface area contributed by atoms with E-state index in [0.717, 1.165) is 5.69 Å². The molecule has 0 radical (unpaired) electrons. The van der Waals surface area contributed by atoms with Crippen molar-refractivity contribution in [3.05, 3.63) is 67.2 Å². The lowest BCUT2D eigenvalue weighted by atomic mass is 10.1. The monoisotopic (exact) mass is 547 g/mol. The Balaban J connectivity index is 0.000000417. The Hall–Kier alpha value is -3.61. The third-order valence-corrected chi connectivity index (χ3v) is 4.96. The van der Waals surface area contributed by atoms with Gasteiger partial charge in [0.05, 0.1) is 28.2 Å². The number of anilines is 1. The third kappa shape index (κ3) is 9.41. The summed E-state index contributed by atoms with van der Waals surface area (Å²) in [6.07, 6.45) is -3.83. The van der Waals surface area contributed by atoms with Gasteiger partial charge >= 0.3 is 6.18 Å². The van der Waals surface area contributed by atoms with E-state index in [1.54, 1.807) is 38.0 Å². The Morgan fingerprint density at radius 3 is 1.78 bits per heavy atom. The zero-order valence-corrected chi connectivity index (χ0v) is 21.8. The molecule has 2 aromatic rings. The van der Waals surface area contributed by atoms with Gasteiger partial charge < -0.3 is 14.5 Å². The van der Waals surface area contributed by atoms with Crippen molar-refractivity contribution in [2.24, 2.45) is 4.99 Å². The van der Waals surface area contributed by atoms with E-state index in [9.17, 15) is 33.4 Å². The number of nitro benzene ring substituents is 2. The lowest BCUT2D eigenvalue weighted by Crippen LogP contribution is -2.27. The molecule has 0 N–H and O–H groups in total. The van der Waals surface area contributed by atoms with Crippen LogP contribution in [-0.4, -0.2) is 55.1 Å². The highest BCUT2D eigenvalue weighted by Crippen LogP contribution is 2.43. The first-order valence-corrected chi connectivity index (χ1v) is 11.5. The van der Waals surface area contributed by atoms with Gasteiger partial charge in [-0.15, -0.1) is 0 Å². The van der Waals surface area contributed by atoms with Crippen LogP contribution in [0.5, 0.6) is 0 Å². The second-order valence-electron chi connectivity index (χ2n) is 7.83. The zero-order valence-electron chi connectivity index (χ0n) is 21.1. The maximum Gasteiger partial charge on any atom is 0.416 e. The van der Waals surface area contributed by atoms with Crippen molar-refractivity contribution in [3.63, 3.8) is 0 Å². The van der Waals surface area contributed by atoms with Gasteiger partial charge in [-0.1, -0.05) is 25.4 Å². The summed E-state index contributed by atoms with van der Waals surface area (Å²) in [6.45, 7) is 4.07. The molecule has 2 rings (SSSR count). The standard InChI is InChI=1S/C13H16F3N3O4.C10H13ClN2O/c1-3-5-17(6-4-2)12-10(18(20)21)7-9(13(14,15)16)8-11(12)19(22)23;1-13(2)10(14-3)12-9-6-4-8(11)5-7-9/h7-8H,3-6H2,1-2H3;4-7H,1-3H3. The third-order valence-electron chi connectivity index (χ3n) is 4.71. The van der Waals surface area contributed by atoms with Crippen LogP contribution < -0.4 is 4.90 Å². The molecule has 0 aromatic heterocycles. The molecule has 204 valence electrons. The van der Waals surface area contributed by atoms with E-state index in [2.05, 4.69) is 4.99 Å². The highest BCUT2D eigenvalue weighted by atomic mass is 35.5. The molecule has 37 heavy (non-hydrogen) atoms. The van der Waals surface area contributed by atoms with Gasteiger partial charge in [0.15, 0.2) is 5.69 Å². The molecule has 0 saturated heterocycles. The first-order valence-electron chi connectivity index (χ1n) is 11.1. The summed E-state index contributed by atoms with van der Waals surface area (Å²) in [6, 6.07) is 8.52. The second kappa shape index (κ2) is 14.2. The van der Waals surface area contributed by atoms with Gasteiger partial charge in [-0.25, -0.2) is 0 Å². The normalized spacial score (nSPS) is 11.3. The van der Waals surface area contributed by atoms with Gasteiger partial charge in [-0.3, -0.25) is 20.2 Å². The number of ether oxygens (including phenoxy) is 1. The summed E-state index contributed by atoms with van der Waals surface area (Å²) in [4.78, 5) is 27.8. The van der Waals surface area contributed by atoms with E-state index in [4.69, 9.17) is 16.3 Å². The van der Waals surface area contributed by atoms with Crippen LogP contribution in [0.2, 0.25) is 5.02 Å². The molecule has 0 amide bonds. The zero-order chi connectivity index (χ0) is 28.3. The van der Waals surface area contributed by atoms with Gasteiger partial charge in [0.1, 0.15) is 0 Å². The topological polar surface area (TPSA) is 114 Å². The van der Waals surface area contributed by atoms with E-state index >= 15 is 0 Å². The van der Waals surface area contributed by atoms with Gasteiger partial charge in [0, 0.05) is 44.3 Å². The number of nitro groups is 2. The predicted molar refractivity (Wildman–Crippen MR) is 137 cm³/mol. The number of amidine groups is 1. The van der Waals surface area contributed by atoms with Gasteiger partial charge in [-0.2, -0.15) is 18.2 Å². The van der Waals surface area contributed by atoms with Gasteiger partial charge in [0.2, 0.25) is 0 Å². The highest BCUT2D eigenvalue weighted by Gasteiger charge is 2.39. The molecule has 0 atom stereocenters. The predicted octanol–water partition coefficient (Wildman–Crippen LogP) is 6.68. The van der Waals surface area contributed by atoms with Crippen LogP contribution in [0.15, 0.2) is 41.4 Å². The van der Waals surface area contributed by atoms with E-state index in [-0.39, 0.29) is 18.8 Å². The maximum absolute atomic E-state index is 12.8. The molecule has 0 aliphatic rings. The molecule has 0 saturated carbocycles. The SMILES string of the molecule is CCCN(CCC)c1c([N+](=O)[O-])cc(C(F)(F)F)cc1[N+](=O)[O-].COC(=Nc1ccc(Cl)cc1)N(C)C. The Bertz CT molecular complexity index is 1050. The Labute approximate surface area is 217 Å². The molecule has 0 aliphatic heterocycles. The highest BCUT2D eigenvalue weighted by molar-refractivity contribution is 6.30. The molecule has 0 heterocycles. The number of methoxy groups -OCH3 is 1. The van der Waals surface area contributed by atoms with E-state index in [1.165, 1.54) is 4.90 Å². The molecular formula is C23H29ClF3N5O5. The quantitative estimate of drug-likeness (QED) is 0.157. The van der Waals surface area contributed by atoms with E-state index < -0.39 is 33.0 Å². The van der Waals surface area contributed by atoms with Crippen molar-refractivity contribution >= 4 is 40.4 Å². The van der Waals surface area contributed by atoms with Crippen LogP contribution in [0.3, 0.4) is 0 Å². The molecular weight excluding hydrogens is 519 g/mol. The van der Waals surface area contributed by atoms with E-state index in [0.29, 0.717) is 36.0 Å². The molecule has 14 heteroatoms. The minimum absolute atomic E-state index is 0.265. The second-order valence-corrected chi connectivity index (χ2v) is 8.27. The summed E-state index contributed by atoms with van der Waals surface area (Å²) >= 11 is 5.75. The summed E-state index contributed by atoms with van der Waals surface area (Å²) in [5.74, 6) is 0. The summed E-state index contributed by atoms with van der Waals surface area (Å²) < 4.78 is 43.6. The van der Waals surface area contributed by atoms with Crippen LogP contribution in [0.4, 0.5) is 35.9 Å². The Kier molecular flexibility index (Phi) is 12.1.